The molecule has 0 saturated heterocycles. The Morgan fingerprint density at radius 2 is 1.22 bits per heavy atom. The molecule has 4 heteroatoms. The van der Waals surface area contributed by atoms with Gasteiger partial charge in [-0.05, 0) is 38.1 Å². The Morgan fingerprint density at radius 1 is 0.833 bits per heavy atom. The maximum Gasteiger partial charge on any atom is 0.216 e. The summed E-state index contributed by atoms with van der Waals surface area (Å²) in [4.78, 5) is 8.72. The molecule has 2 aliphatic heterocycles. The molecule has 94 valence electrons. The Bertz CT molecular complexity index is 458. The van der Waals surface area contributed by atoms with Gasteiger partial charge in [-0.2, -0.15) is 0 Å². The summed E-state index contributed by atoms with van der Waals surface area (Å²) in [7, 11) is 0. The van der Waals surface area contributed by atoms with Crippen molar-refractivity contribution >= 4 is 11.8 Å². The van der Waals surface area contributed by atoms with E-state index in [1.54, 1.807) is 0 Å². The van der Waals surface area contributed by atoms with E-state index in [9.17, 15) is 0 Å². The number of hydrogen-bond acceptors (Lipinski definition) is 4. The zero-order chi connectivity index (χ0) is 12.5. The fourth-order valence-electron chi connectivity index (χ4n) is 2.03. The van der Waals surface area contributed by atoms with Crippen molar-refractivity contribution < 1.29 is 9.47 Å². The first-order valence-electron chi connectivity index (χ1n) is 6.25. The number of ether oxygens (including phenoxy) is 2. The lowest BCUT2D eigenvalue weighted by Crippen LogP contribution is -2.10. The molecular weight excluding hydrogens is 228 g/mol. The summed E-state index contributed by atoms with van der Waals surface area (Å²) < 4.78 is 11.2. The SMILES string of the molecule is CC1CN=C(c2ccc(C3=NCC(C)O3)cc2)O1. The first-order valence-corrected chi connectivity index (χ1v) is 6.25. The summed E-state index contributed by atoms with van der Waals surface area (Å²) in [6.45, 7) is 5.52. The average Bonchev–Trinajstić information content (AvgIpc) is 2.98. The summed E-state index contributed by atoms with van der Waals surface area (Å²) in [5.41, 5.74) is 2.02. The third kappa shape index (κ3) is 2.10. The van der Waals surface area contributed by atoms with Crippen molar-refractivity contribution in [2.24, 2.45) is 9.98 Å². The molecule has 0 spiro atoms. The predicted octanol–water partition coefficient (Wildman–Crippen LogP) is 2.02. The Kier molecular flexibility index (Phi) is 2.78. The number of nitrogens with zero attached hydrogens (tertiary/aromatic N) is 2. The molecule has 2 heterocycles. The zero-order valence-electron chi connectivity index (χ0n) is 10.6. The molecule has 0 N–H and O–H groups in total. The van der Waals surface area contributed by atoms with Crippen LogP contribution in [0.3, 0.4) is 0 Å². The van der Waals surface area contributed by atoms with Crippen LogP contribution in [-0.4, -0.2) is 37.1 Å². The van der Waals surface area contributed by atoms with Crippen LogP contribution in [0.4, 0.5) is 0 Å². The molecule has 0 amide bonds. The van der Waals surface area contributed by atoms with Gasteiger partial charge >= 0.3 is 0 Å². The molecule has 3 rings (SSSR count). The van der Waals surface area contributed by atoms with Crippen LogP contribution in [0.25, 0.3) is 0 Å². The van der Waals surface area contributed by atoms with Crippen molar-refractivity contribution in [3.8, 4) is 0 Å². The molecule has 18 heavy (non-hydrogen) atoms. The topological polar surface area (TPSA) is 43.2 Å². The van der Waals surface area contributed by atoms with Crippen molar-refractivity contribution in [3.05, 3.63) is 35.4 Å². The molecular formula is C14H16N2O2. The molecule has 2 atom stereocenters. The fourth-order valence-corrected chi connectivity index (χ4v) is 2.03. The molecule has 2 unspecified atom stereocenters. The molecule has 1 aromatic rings. The van der Waals surface area contributed by atoms with Crippen LogP contribution >= 0.6 is 0 Å². The average molecular weight is 244 g/mol. The third-order valence-electron chi connectivity index (χ3n) is 2.99. The highest BCUT2D eigenvalue weighted by atomic mass is 16.5. The number of benzene rings is 1. The summed E-state index contributed by atoms with van der Waals surface area (Å²) in [5, 5.41) is 0. The monoisotopic (exact) mass is 244 g/mol. The minimum absolute atomic E-state index is 0.183. The fraction of sp³-hybridized carbons (Fsp3) is 0.429. The second kappa shape index (κ2) is 4.44. The van der Waals surface area contributed by atoms with E-state index >= 15 is 0 Å². The lowest BCUT2D eigenvalue weighted by Gasteiger charge is -2.08. The van der Waals surface area contributed by atoms with Crippen molar-refractivity contribution in [3.63, 3.8) is 0 Å². The Balaban J connectivity index is 1.77. The number of hydrogen-bond donors (Lipinski definition) is 0. The maximum absolute atomic E-state index is 5.62. The van der Waals surface area contributed by atoms with Crippen molar-refractivity contribution in [2.45, 2.75) is 26.1 Å². The molecule has 0 saturated carbocycles. The van der Waals surface area contributed by atoms with Gasteiger partial charge in [-0.1, -0.05) is 0 Å². The van der Waals surface area contributed by atoms with Gasteiger partial charge in [0.15, 0.2) is 0 Å². The van der Waals surface area contributed by atoms with Crippen LogP contribution in [-0.2, 0) is 9.47 Å². The smallest absolute Gasteiger partial charge is 0.216 e. The van der Waals surface area contributed by atoms with Gasteiger partial charge in [-0.25, -0.2) is 9.98 Å². The zero-order valence-corrected chi connectivity index (χ0v) is 10.6. The minimum Gasteiger partial charge on any atom is -0.472 e. The van der Waals surface area contributed by atoms with Gasteiger partial charge in [0.05, 0.1) is 13.1 Å². The van der Waals surface area contributed by atoms with E-state index in [2.05, 4.69) is 9.98 Å². The number of aliphatic imine (C=N–C) groups is 2. The van der Waals surface area contributed by atoms with Crippen LogP contribution in [0.15, 0.2) is 34.3 Å². The number of rotatable bonds is 2. The third-order valence-corrected chi connectivity index (χ3v) is 2.99. The highest BCUT2D eigenvalue weighted by Crippen LogP contribution is 2.16. The highest BCUT2D eigenvalue weighted by Gasteiger charge is 2.19. The first-order chi connectivity index (χ1) is 8.72. The van der Waals surface area contributed by atoms with Crippen LogP contribution in [0.1, 0.15) is 25.0 Å². The first kappa shape index (κ1) is 11.3. The van der Waals surface area contributed by atoms with Crippen LogP contribution in [0.5, 0.6) is 0 Å². The van der Waals surface area contributed by atoms with E-state index in [1.165, 1.54) is 0 Å². The molecule has 0 fully saturated rings. The van der Waals surface area contributed by atoms with E-state index in [4.69, 9.17) is 9.47 Å². The molecule has 0 radical (unpaired) electrons. The largest absolute Gasteiger partial charge is 0.472 e. The maximum atomic E-state index is 5.62. The second-order valence-electron chi connectivity index (χ2n) is 4.73. The summed E-state index contributed by atoms with van der Waals surface area (Å²) in [5.74, 6) is 1.47. The molecule has 0 bridgehead atoms. The van der Waals surface area contributed by atoms with Gasteiger partial charge in [0.2, 0.25) is 11.8 Å². The molecule has 0 aromatic heterocycles. The van der Waals surface area contributed by atoms with Crippen LogP contribution in [0, 0.1) is 0 Å². The van der Waals surface area contributed by atoms with Gasteiger partial charge in [-0.15, -0.1) is 0 Å². The summed E-state index contributed by atoms with van der Waals surface area (Å²) in [6.07, 6.45) is 0.367. The van der Waals surface area contributed by atoms with E-state index in [0.29, 0.717) is 0 Å². The van der Waals surface area contributed by atoms with Crippen molar-refractivity contribution in [1.29, 1.82) is 0 Å². The van der Waals surface area contributed by atoms with E-state index in [0.717, 1.165) is 36.0 Å². The second-order valence-corrected chi connectivity index (χ2v) is 4.73. The Hall–Kier alpha value is -1.84. The molecule has 1 aromatic carbocycles. The van der Waals surface area contributed by atoms with Crippen molar-refractivity contribution in [2.75, 3.05) is 13.1 Å². The van der Waals surface area contributed by atoms with Crippen LogP contribution in [0.2, 0.25) is 0 Å². The molecule has 0 aliphatic carbocycles. The normalized spacial score (nSPS) is 26.3. The van der Waals surface area contributed by atoms with Gasteiger partial charge in [0.25, 0.3) is 0 Å². The minimum atomic E-state index is 0.183. The van der Waals surface area contributed by atoms with Crippen molar-refractivity contribution in [1.82, 2.24) is 0 Å². The molecule has 2 aliphatic rings. The van der Waals surface area contributed by atoms with Crippen LogP contribution < -0.4 is 0 Å². The Morgan fingerprint density at radius 3 is 1.50 bits per heavy atom. The van der Waals surface area contributed by atoms with E-state index < -0.39 is 0 Å². The summed E-state index contributed by atoms with van der Waals surface area (Å²) >= 11 is 0. The van der Waals surface area contributed by atoms with E-state index in [1.807, 2.05) is 38.1 Å². The lowest BCUT2D eigenvalue weighted by molar-refractivity contribution is 0.245. The summed E-state index contributed by atoms with van der Waals surface area (Å²) in [6, 6.07) is 8.00. The standard InChI is InChI=1S/C14H16N2O2/c1-9-7-15-13(17-9)11-3-5-12(6-4-11)14-16-8-10(2)18-14/h3-6,9-10H,7-8H2,1-2H3. The highest BCUT2D eigenvalue weighted by molar-refractivity contribution is 5.98. The predicted molar refractivity (Wildman–Crippen MR) is 70.3 cm³/mol. The van der Waals surface area contributed by atoms with Gasteiger partial charge < -0.3 is 9.47 Å². The lowest BCUT2D eigenvalue weighted by atomic mass is 10.1. The Labute approximate surface area is 106 Å². The quantitative estimate of drug-likeness (QED) is 0.798. The molecule has 4 nitrogen and oxygen atoms in total. The van der Waals surface area contributed by atoms with Gasteiger partial charge in [-0.3, -0.25) is 0 Å². The van der Waals surface area contributed by atoms with Gasteiger partial charge in [0.1, 0.15) is 12.2 Å². The van der Waals surface area contributed by atoms with Gasteiger partial charge in [0, 0.05) is 11.1 Å². The van der Waals surface area contributed by atoms with E-state index in [-0.39, 0.29) is 12.2 Å².